The number of benzene rings is 2. The van der Waals surface area contributed by atoms with Crippen LogP contribution in [0.5, 0.6) is 5.75 Å². The molecule has 2 heterocycles. The molecule has 4 rings (SSSR count). The van der Waals surface area contributed by atoms with Gasteiger partial charge in [-0.05, 0) is 29.8 Å². The monoisotopic (exact) mass is 375 g/mol. The van der Waals surface area contributed by atoms with Crippen molar-refractivity contribution in [3.8, 4) is 5.75 Å². The molecule has 5 heteroatoms. The molecule has 1 saturated heterocycles. The Kier molecular flexibility index (Phi) is 5.55. The Morgan fingerprint density at radius 3 is 2.36 bits per heavy atom. The molecule has 1 aromatic heterocycles. The molecule has 28 heavy (non-hydrogen) atoms. The topological polar surface area (TPSA) is 59.8 Å². The maximum atomic E-state index is 10.9. The van der Waals surface area contributed by atoms with E-state index in [0.29, 0.717) is 5.75 Å². The van der Waals surface area contributed by atoms with E-state index in [4.69, 9.17) is 0 Å². The lowest BCUT2D eigenvalue weighted by atomic mass is 10.00. The number of para-hydroxylation sites is 1. The number of aromatic hydroxyl groups is 1. The van der Waals surface area contributed by atoms with Crippen LogP contribution in [0.2, 0.25) is 0 Å². The molecule has 1 atom stereocenters. The van der Waals surface area contributed by atoms with E-state index in [1.54, 1.807) is 24.5 Å². The fourth-order valence-corrected chi connectivity index (χ4v) is 3.73. The van der Waals surface area contributed by atoms with Crippen molar-refractivity contribution in [3.05, 3.63) is 89.7 Å². The predicted molar refractivity (Wildman–Crippen MR) is 110 cm³/mol. The Morgan fingerprint density at radius 2 is 1.64 bits per heavy atom. The van der Waals surface area contributed by atoms with E-state index in [9.17, 15) is 10.2 Å². The van der Waals surface area contributed by atoms with E-state index in [0.717, 1.165) is 49.5 Å². The highest BCUT2D eigenvalue weighted by atomic mass is 16.3. The normalized spacial score (nSPS) is 16.1. The van der Waals surface area contributed by atoms with Gasteiger partial charge in [-0.2, -0.15) is 0 Å². The summed E-state index contributed by atoms with van der Waals surface area (Å²) in [5, 5.41) is 20.3. The molecule has 0 aliphatic carbocycles. The van der Waals surface area contributed by atoms with Gasteiger partial charge >= 0.3 is 0 Å². The van der Waals surface area contributed by atoms with Crippen LogP contribution in [-0.4, -0.2) is 46.3 Å². The van der Waals surface area contributed by atoms with Crippen molar-refractivity contribution >= 4 is 5.69 Å². The van der Waals surface area contributed by atoms with Crippen molar-refractivity contribution in [1.82, 2.24) is 9.88 Å². The highest BCUT2D eigenvalue weighted by molar-refractivity contribution is 5.56. The second-order valence-electron chi connectivity index (χ2n) is 7.18. The number of hydrogen-bond acceptors (Lipinski definition) is 5. The molecule has 2 N–H and O–H groups in total. The molecule has 0 amide bonds. The van der Waals surface area contributed by atoms with Crippen LogP contribution in [0.25, 0.3) is 0 Å². The minimum absolute atomic E-state index is 0.303. The molecular weight excluding hydrogens is 350 g/mol. The largest absolute Gasteiger partial charge is 0.508 e. The standard InChI is InChI=1S/C23H25N3O2/c27-20-9-7-18(8-10-20)17-25-12-14-26(15-13-25)22-6-2-1-5-21(22)23(28)19-4-3-11-24-16-19/h1-11,16,23,27-28H,12-15,17H2. The summed E-state index contributed by atoms with van der Waals surface area (Å²) in [6, 6.07) is 19.3. The first kappa shape index (κ1) is 18.5. The van der Waals surface area contributed by atoms with Crippen molar-refractivity contribution < 1.29 is 10.2 Å². The molecule has 5 nitrogen and oxygen atoms in total. The second-order valence-corrected chi connectivity index (χ2v) is 7.18. The van der Waals surface area contributed by atoms with Gasteiger partial charge in [-0.1, -0.05) is 36.4 Å². The zero-order chi connectivity index (χ0) is 19.3. The Bertz CT molecular complexity index is 891. The molecule has 144 valence electrons. The molecular formula is C23H25N3O2. The summed E-state index contributed by atoms with van der Waals surface area (Å²) in [5.74, 6) is 0.303. The van der Waals surface area contributed by atoms with Crippen LogP contribution in [-0.2, 0) is 6.54 Å². The van der Waals surface area contributed by atoms with E-state index in [-0.39, 0.29) is 0 Å². The number of piperazine rings is 1. The first-order valence-electron chi connectivity index (χ1n) is 9.63. The van der Waals surface area contributed by atoms with Crippen LogP contribution < -0.4 is 4.90 Å². The molecule has 0 bridgehead atoms. The van der Waals surface area contributed by atoms with Crippen molar-refractivity contribution in [2.45, 2.75) is 12.6 Å². The van der Waals surface area contributed by atoms with Gasteiger partial charge in [-0.25, -0.2) is 0 Å². The number of anilines is 1. The molecule has 1 aliphatic rings. The highest BCUT2D eigenvalue weighted by Crippen LogP contribution is 2.31. The SMILES string of the molecule is Oc1ccc(CN2CCN(c3ccccc3C(O)c3cccnc3)CC2)cc1. The highest BCUT2D eigenvalue weighted by Gasteiger charge is 2.22. The minimum atomic E-state index is -0.681. The average molecular weight is 375 g/mol. The third kappa shape index (κ3) is 4.16. The van der Waals surface area contributed by atoms with Gasteiger partial charge in [0.05, 0.1) is 0 Å². The summed E-state index contributed by atoms with van der Waals surface area (Å²) in [6.07, 6.45) is 2.76. The summed E-state index contributed by atoms with van der Waals surface area (Å²) < 4.78 is 0. The molecule has 1 fully saturated rings. The number of phenolic OH excluding ortho intramolecular Hbond substituents is 1. The van der Waals surface area contributed by atoms with Gasteiger partial charge in [0.25, 0.3) is 0 Å². The summed E-state index contributed by atoms with van der Waals surface area (Å²) in [7, 11) is 0. The number of phenols is 1. The number of aliphatic hydroxyl groups excluding tert-OH is 1. The van der Waals surface area contributed by atoms with Gasteiger partial charge in [0, 0.05) is 61.9 Å². The fourth-order valence-electron chi connectivity index (χ4n) is 3.73. The summed E-state index contributed by atoms with van der Waals surface area (Å²) >= 11 is 0. The van der Waals surface area contributed by atoms with Gasteiger partial charge in [-0.15, -0.1) is 0 Å². The Hall–Kier alpha value is -2.89. The molecule has 0 saturated carbocycles. The van der Waals surface area contributed by atoms with Gasteiger partial charge < -0.3 is 15.1 Å². The number of aliphatic hydroxyl groups is 1. The number of pyridine rings is 1. The first-order valence-corrected chi connectivity index (χ1v) is 9.63. The van der Waals surface area contributed by atoms with E-state index >= 15 is 0 Å². The lowest BCUT2D eigenvalue weighted by Crippen LogP contribution is -2.46. The Balaban J connectivity index is 1.44. The number of hydrogen-bond donors (Lipinski definition) is 2. The quantitative estimate of drug-likeness (QED) is 0.717. The van der Waals surface area contributed by atoms with Crippen molar-refractivity contribution in [1.29, 1.82) is 0 Å². The third-order valence-corrected chi connectivity index (χ3v) is 5.29. The zero-order valence-corrected chi connectivity index (χ0v) is 15.8. The summed E-state index contributed by atoms with van der Waals surface area (Å²) in [6.45, 7) is 4.62. The van der Waals surface area contributed by atoms with Crippen molar-refractivity contribution in [2.24, 2.45) is 0 Å². The van der Waals surface area contributed by atoms with Crippen LogP contribution in [0.1, 0.15) is 22.8 Å². The smallest absolute Gasteiger partial charge is 0.115 e. The van der Waals surface area contributed by atoms with Gasteiger partial charge in [0.1, 0.15) is 11.9 Å². The van der Waals surface area contributed by atoms with Crippen LogP contribution in [0.4, 0.5) is 5.69 Å². The Morgan fingerprint density at radius 1 is 0.893 bits per heavy atom. The van der Waals surface area contributed by atoms with Gasteiger partial charge in [-0.3, -0.25) is 9.88 Å². The van der Waals surface area contributed by atoms with E-state index < -0.39 is 6.10 Å². The van der Waals surface area contributed by atoms with Crippen LogP contribution >= 0.6 is 0 Å². The fraction of sp³-hybridized carbons (Fsp3) is 0.261. The molecule has 3 aromatic rings. The Labute approximate surface area is 165 Å². The van der Waals surface area contributed by atoms with Crippen molar-refractivity contribution in [3.63, 3.8) is 0 Å². The molecule has 1 aliphatic heterocycles. The third-order valence-electron chi connectivity index (χ3n) is 5.29. The maximum absolute atomic E-state index is 10.9. The number of aromatic nitrogens is 1. The van der Waals surface area contributed by atoms with Gasteiger partial charge in [0.15, 0.2) is 0 Å². The minimum Gasteiger partial charge on any atom is -0.508 e. The second kappa shape index (κ2) is 8.42. The maximum Gasteiger partial charge on any atom is 0.115 e. The lowest BCUT2D eigenvalue weighted by Gasteiger charge is -2.37. The molecule has 1 unspecified atom stereocenters. The van der Waals surface area contributed by atoms with E-state index in [2.05, 4.69) is 20.9 Å². The first-order chi connectivity index (χ1) is 13.7. The number of rotatable bonds is 5. The zero-order valence-electron chi connectivity index (χ0n) is 15.8. The summed E-state index contributed by atoms with van der Waals surface area (Å²) in [5.41, 5.74) is 4.02. The van der Waals surface area contributed by atoms with E-state index in [1.165, 1.54) is 5.56 Å². The van der Waals surface area contributed by atoms with Crippen LogP contribution in [0.3, 0.4) is 0 Å². The molecule has 2 aromatic carbocycles. The molecule has 0 radical (unpaired) electrons. The van der Waals surface area contributed by atoms with E-state index in [1.807, 2.05) is 42.5 Å². The molecule has 0 spiro atoms. The van der Waals surface area contributed by atoms with Crippen LogP contribution in [0, 0.1) is 0 Å². The lowest BCUT2D eigenvalue weighted by molar-refractivity contribution is 0.218. The van der Waals surface area contributed by atoms with Gasteiger partial charge in [0.2, 0.25) is 0 Å². The number of nitrogens with zero attached hydrogens (tertiary/aromatic N) is 3. The average Bonchev–Trinajstić information content (AvgIpc) is 2.76. The predicted octanol–water partition coefficient (Wildman–Crippen LogP) is 3.19. The van der Waals surface area contributed by atoms with Crippen LogP contribution in [0.15, 0.2) is 73.1 Å². The summed E-state index contributed by atoms with van der Waals surface area (Å²) in [4.78, 5) is 8.90. The van der Waals surface area contributed by atoms with Crippen molar-refractivity contribution in [2.75, 3.05) is 31.1 Å².